The summed E-state index contributed by atoms with van der Waals surface area (Å²) in [7, 11) is 0. The molecular formula is C54H36N2S. The molecule has 0 atom stereocenters. The Morgan fingerprint density at radius 3 is 1.74 bits per heavy atom. The summed E-state index contributed by atoms with van der Waals surface area (Å²) in [6.45, 7) is 0. The molecular weight excluding hydrogens is 709 g/mol. The van der Waals surface area contributed by atoms with Crippen molar-refractivity contribution in [1.29, 1.82) is 0 Å². The van der Waals surface area contributed by atoms with E-state index in [2.05, 4.69) is 228 Å². The number of benzene rings is 9. The number of fused-ring (bicyclic) bond motifs is 6. The highest BCUT2D eigenvalue weighted by Crippen LogP contribution is 2.49. The van der Waals surface area contributed by atoms with Gasteiger partial charge in [-0.2, -0.15) is 0 Å². The van der Waals surface area contributed by atoms with E-state index in [-0.39, 0.29) is 0 Å². The van der Waals surface area contributed by atoms with Crippen molar-refractivity contribution in [3.8, 4) is 39.1 Å². The first-order valence-electron chi connectivity index (χ1n) is 19.4. The fourth-order valence-electron chi connectivity index (χ4n) is 8.67. The molecule has 268 valence electrons. The molecule has 0 saturated heterocycles. The van der Waals surface area contributed by atoms with Crippen LogP contribution in [0.15, 0.2) is 218 Å². The first-order valence-corrected chi connectivity index (χ1v) is 20.3. The standard InChI is InChI=1S/C54H36N2S/c1-3-17-37(18-4-1)38-33-35-40(36-34-38)55(48-28-12-8-22-42(48)44-25-15-26-45-43-23-10-14-32-52(43)57-54(44)45)50-30-16-31-51-53(50)46-24-9-13-29-49(46)56(51)47-27-11-7-21-41(47)39-19-5-2-6-20-39/h1-36H. The quantitative estimate of drug-likeness (QED) is 0.158. The number of thiophene rings is 1. The van der Waals surface area contributed by atoms with Gasteiger partial charge < -0.3 is 9.47 Å². The zero-order chi connectivity index (χ0) is 37.7. The van der Waals surface area contributed by atoms with Gasteiger partial charge in [-0.15, -0.1) is 11.3 Å². The lowest BCUT2D eigenvalue weighted by molar-refractivity contribution is 1.18. The van der Waals surface area contributed by atoms with Gasteiger partial charge in [0.15, 0.2) is 0 Å². The SMILES string of the molecule is c1ccc(-c2ccc(N(c3ccccc3-c3cccc4c3sc3ccccc34)c3cccc4c3c3ccccc3n4-c3ccccc3-c3ccccc3)cc2)cc1. The predicted molar refractivity (Wildman–Crippen MR) is 245 cm³/mol. The van der Waals surface area contributed by atoms with Gasteiger partial charge in [-0.05, 0) is 65.2 Å². The lowest BCUT2D eigenvalue weighted by Gasteiger charge is -2.29. The summed E-state index contributed by atoms with van der Waals surface area (Å²) in [6, 6.07) is 79.3. The Hall–Kier alpha value is -7.20. The maximum atomic E-state index is 2.48. The molecule has 11 rings (SSSR count). The third-order valence-electron chi connectivity index (χ3n) is 11.2. The first-order chi connectivity index (χ1) is 28.3. The molecule has 0 bridgehead atoms. The third-order valence-corrected chi connectivity index (χ3v) is 12.4. The normalized spacial score (nSPS) is 11.5. The zero-order valence-corrected chi connectivity index (χ0v) is 31.9. The average molecular weight is 745 g/mol. The van der Waals surface area contributed by atoms with Crippen LogP contribution in [0.25, 0.3) is 81.0 Å². The van der Waals surface area contributed by atoms with E-state index in [9.17, 15) is 0 Å². The van der Waals surface area contributed by atoms with E-state index in [1.807, 2.05) is 11.3 Å². The zero-order valence-electron chi connectivity index (χ0n) is 31.1. The summed E-state index contributed by atoms with van der Waals surface area (Å²) in [6.07, 6.45) is 0. The van der Waals surface area contributed by atoms with Crippen LogP contribution in [0.2, 0.25) is 0 Å². The molecule has 0 aliphatic rings. The second kappa shape index (κ2) is 13.8. The van der Waals surface area contributed by atoms with Crippen LogP contribution in [0.3, 0.4) is 0 Å². The molecule has 57 heavy (non-hydrogen) atoms. The van der Waals surface area contributed by atoms with E-state index >= 15 is 0 Å². The smallest absolute Gasteiger partial charge is 0.0562 e. The molecule has 0 aliphatic heterocycles. The molecule has 0 fully saturated rings. The summed E-state index contributed by atoms with van der Waals surface area (Å²) in [5.74, 6) is 0. The summed E-state index contributed by atoms with van der Waals surface area (Å²) in [4.78, 5) is 2.48. The number of hydrogen-bond donors (Lipinski definition) is 0. The number of anilines is 3. The summed E-state index contributed by atoms with van der Waals surface area (Å²) < 4.78 is 5.06. The number of hydrogen-bond acceptors (Lipinski definition) is 2. The van der Waals surface area contributed by atoms with E-state index in [1.54, 1.807) is 0 Å². The lowest BCUT2D eigenvalue weighted by Crippen LogP contribution is -2.11. The summed E-state index contributed by atoms with van der Waals surface area (Å²) >= 11 is 1.88. The molecule has 0 aliphatic carbocycles. The van der Waals surface area contributed by atoms with Crippen molar-refractivity contribution in [1.82, 2.24) is 4.57 Å². The van der Waals surface area contributed by atoms with Gasteiger partial charge in [0.2, 0.25) is 0 Å². The number of rotatable bonds is 7. The Bertz CT molecular complexity index is 3230. The Kier molecular flexibility index (Phi) is 8.04. The van der Waals surface area contributed by atoms with E-state index < -0.39 is 0 Å². The third kappa shape index (κ3) is 5.55. The first kappa shape index (κ1) is 33.2. The van der Waals surface area contributed by atoms with Crippen LogP contribution in [0.1, 0.15) is 0 Å². The highest BCUT2D eigenvalue weighted by molar-refractivity contribution is 7.26. The fraction of sp³-hybridized carbons (Fsp3) is 0. The minimum atomic E-state index is 1.10. The Balaban J connectivity index is 1.19. The lowest BCUT2D eigenvalue weighted by atomic mass is 9.98. The van der Waals surface area contributed by atoms with Crippen LogP contribution < -0.4 is 4.90 Å². The molecule has 0 N–H and O–H groups in total. The van der Waals surface area contributed by atoms with E-state index in [4.69, 9.17) is 0 Å². The largest absolute Gasteiger partial charge is 0.309 e. The molecule has 11 aromatic rings. The summed E-state index contributed by atoms with van der Waals surface area (Å²) in [5.41, 5.74) is 14.1. The van der Waals surface area contributed by atoms with Crippen LogP contribution in [0.5, 0.6) is 0 Å². The molecule has 0 spiro atoms. The van der Waals surface area contributed by atoms with Gasteiger partial charge in [-0.3, -0.25) is 0 Å². The van der Waals surface area contributed by atoms with Crippen molar-refractivity contribution in [2.75, 3.05) is 4.90 Å². The highest BCUT2D eigenvalue weighted by Gasteiger charge is 2.24. The molecule has 3 heteroatoms. The van der Waals surface area contributed by atoms with E-state index in [1.165, 1.54) is 69.8 Å². The van der Waals surface area contributed by atoms with E-state index in [0.717, 1.165) is 28.3 Å². The minimum absolute atomic E-state index is 1.10. The monoisotopic (exact) mass is 744 g/mol. The van der Waals surface area contributed by atoms with Gasteiger partial charge >= 0.3 is 0 Å². The highest BCUT2D eigenvalue weighted by atomic mass is 32.1. The Morgan fingerprint density at radius 2 is 0.912 bits per heavy atom. The molecule has 2 nitrogen and oxygen atoms in total. The van der Waals surface area contributed by atoms with Crippen molar-refractivity contribution in [3.63, 3.8) is 0 Å². The summed E-state index contributed by atoms with van der Waals surface area (Å²) in [5, 5.41) is 5.02. The van der Waals surface area contributed by atoms with Crippen LogP contribution in [-0.4, -0.2) is 4.57 Å². The molecule has 0 radical (unpaired) electrons. The maximum Gasteiger partial charge on any atom is 0.0562 e. The van der Waals surface area contributed by atoms with Crippen molar-refractivity contribution in [2.45, 2.75) is 0 Å². The van der Waals surface area contributed by atoms with Gasteiger partial charge in [0.25, 0.3) is 0 Å². The number of para-hydroxylation sites is 3. The van der Waals surface area contributed by atoms with Crippen LogP contribution in [0, 0.1) is 0 Å². The Morgan fingerprint density at radius 1 is 0.351 bits per heavy atom. The van der Waals surface area contributed by atoms with Crippen LogP contribution >= 0.6 is 11.3 Å². The molecule has 0 unspecified atom stereocenters. The molecule has 2 aromatic heterocycles. The van der Waals surface area contributed by atoms with Gasteiger partial charge in [0.05, 0.1) is 28.1 Å². The minimum Gasteiger partial charge on any atom is -0.309 e. The van der Waals surface area contributed by atoms with Crippen molar-refractivity contribution in [2.24, 2.45) is 0 Å². The molecule has 9 aromatic carbocycles. The predicted octanol–water partition coefficient (Wildman–Crippen LogP) is 15.6. The van der Waals surface area contributed by atoms with Crippen LogP contribution in [-0.2, 0) is 0 Å². The van der Waals surface area contributed by atoms with Gasteiger partial charge in [-0.1, -0.05) is 170 Å². The van der Waals surface area contributed by atoms with Gasteiger partial charge in [0, 0.05) is 53.3 Å². The second-order valence-electron chi connectivity index (χ2n) is 14.5. The van der Waals surface area contributed by atoms with Crippen LogP contribution in [0.4, 0.5) is 17.1 Å². The average Bonchev–Trinajstić information content (AvgIpc) is 3.84. The van der Waals surface area contributed by atoms with E-state index in [0.29, 0.717) is 0 Å². The van der Waals surface area contributed by atoms with Crippen molar-refractivity contribution < 1.29 is 0 Å². The maximum absolute atomic E-state index is 2.48. The molecule has 0 amide bonds. The molecule has 2 heterocycles. The topological polar surface area (TPSA) is 8.17 Å². The van der Waals surface area contributed by atoms with Gasteiger partial charge in [-0.25, -0.2) is 0 Å². The number of aromatic nitrogens is 1. The van der Waals surface area contributed by atoms with Gasteiger partial charge in [0.1, 0.15) is 0 Å². The number of nitrogens with zero attached hydrogens (tertiary/aromatic N) is 2. The Labute approximate surface area is 335 Å². The van der Waals surface area contributed by atoms with Crippen molar-refractivity contribution >= 4 is 70.4 Å². The van der Waals surface area contributed by atoms with Crippen molar-refractivity contribution in [3.05, 3.63) is 218 Å². The fourth-order valence-corrected chi connectivity index (χ4v) is 9.90. The second-order valence-corrected chi connectivity index (χ2v) is 15.5. The molecule has 0 saturated carbocycles.